The van der Waals surface area contributed by atoms with E-state index in [0.717, 1.165) is 90.6 Å². The standard InChI is InChI=1S/C29H32N2O4/c1-3-34-28(32)26-21-16-10-8-14-19(21)24(30-26)23(18-12-6-5-7-13-18)25-20-15-9-11-17-22(20)27(31-25)29(33)35-4-2/h5-7,12-13,30H,3-4,8-11,14-17H2,1-2H3/b25-23-. The number of aliphatic imine (C=N–C) groups is 1. The van der Waals surface area contributed by atoms with Gasteiger partial charge in [-0.25, -0.2) is 14.6 Å². The van der Waals surface area contributed by atoms with E-state index in [-0.39, 0.29) is 11.9 Å². The van der Waals surface area contributed by atoms with E-state index >= 15 is 0 Å². The molecule has 3 aliphatic rings. The molecule has 1 aliphatic heterocycles. The Hall–Kier alpha value is -3.41. The second kappa shape index (κ2) is 10.1. The number of nitrogens with zero attached hydrogens (tertiary/aromatic N) is 1. The van der Waals surface area contributed by atoms with Crippen molar-refractivity contribution in [2.75, 3.05) is 13.2 Å². The van der Waals surface area contributed by atoms with Crippen molar-refractivity contribution in [2.24, 2.45) is 4.99 Å². The zero-order valence-electron chi connectivity index (χ0n) is 20.5. The third kappa shape index (κ3) is 4.26. The van der Waals surface area contributed by atoms with E-state index in [1.165, 1.54) is 5.56 Å². The molecule has 6 heteroatoms. The van der Waals surface area contributed by atoms with Crippen molar-refractivity contribution in [3.8, 4) is 0 Å². The number of hydrogen-bond acceptors (Lipinski definition) is 5. The lowest BCUT2D eigenvalue weighted by Crippen LogP contribution is -2.19. The Morgan fingerprint density at radius 2 is 1.40 bits per heavy atom. The van der Waals surface area contributed by atoms with Gasteiger partial charge in [0.1, 0.15) is 5.69 Å². The predicted octanol–water partition coefficient (Wildman–Crippen LogP) is 5.72. The topological polar surface area (TPSA) is 80.8 Å². The van der Waals surface area contributed by atoms with Gasteiger partial charge in [-0.1, -0.05) is 30.3 Å². The first kappa shape index (κ1) is 23.3. The Labute approximate surface area is 206 Å². The normalized spacial score (nSPS) is 18.5. The van der Waals surface area contributed by atoms with Crippen LogP contribution in [0.15, 0.2) is 52.2 Å². The molecule has 1 aromatic carbocycles. The molecule has 182 valence electrons. The number of nitrogens with one attached hydrogen (secondary N) is 1. The molecule has 35 heavy (non-hydrogen) atoms. The van der Waals surface area contributed by atoms with Crippen molar-refractivity contribution in [1.29, 1.82) is 0 Å². The minimum atomic E-state index is -0.356. The summed E-state index contributed by atoms with van der Waals surface area (Å²) in [6.07, 6.45) is 7.67. The molecule has 0 atom stereocenters. The van der Waals surface area contributed by atoms with Crippen LogP contribution >= 0.6 is 0 Å². The summed E-state index contributed by atoms with van der Waals surface area (Å²) in [5.74, 6) is -0.668. The van der Waals surface area contributed by atoms with E-state index in [4.69, 9.17) is 14.5 Å². The first-order valence-corrected chi connectivity index (χ1v) is 12.8. The summed E-state index contributed by atoms with van der Waals surface area (Å²) in [7, 11) is 0. The van der Waals surface area contributed by atoms with E-state index in [1.807, 2.05) is 32.0 Å². The largest absolute Gasteiger partial charge is 0.461 e. The number of carbonyl (C=O) groups is 2. The maximum atomic E-state index is 12.9. The van der Waals surface area contributed by atoms with Crippen molar-refractivity contribution in [1.82, 2.24) is 4.98 Å². The van der Waals surface area contributed by atoms with Gasteiger partial charge in [0.25, 0.3) is 0 Å². The lowest BCUT2D eigenvalue weighted by Gasteiger charge is -2.19. The number of rotatable bonds is 6. The van der Waals surface area contributed by atoms with E-state index in [2.05, 4.69) is 17.1 Å². The Morgan fingerprint density at radius 3 is 2.09 bits per heavy atom. The highest BCUT2D eigenvalue weighted by atomic mass is 16.5. The predicted molar refractivity (Wildman–Crippen MR) is 135 cm³/mol. The number of hydrogen-bond donors (Lipinski definition) is 1. The minimum Gasteiger partial charge on any atom is -0.461 e. The molecule has 2 aliphatic carbocycles. The number of carbonyl (C=O) groups excluding carboxylic acids is 2. The van der Waals surface area contributed by atoms with Gasteiger partial charge < -0.3 is 14.5 Å². The third-order valence-corrected chi connectivity index (χ3v) is 7.08. The molecule has 0 saturated carbocycles. The summed E-state index contributed by atoms with van der Waals surface area (Å²) < 4.78 is 10.8. The summed E-state index contributed by atoms with van der Waals surface area (Å²) in [5.41, 5.74) is 9.10. The van der Waals surface area contributed by atoms with Crippen LogP contribution in [0.4, 0.5) is 0 Å². The van der Waals surface area contributed by atoms with Crippen LogP contribution in [0.1, 0.15) is 85.2 Å². The van der Waals surface area contributed by atoms with Crippen molar-refractivity contribution < 1.29 is 19.1 Å². The van der Waals surface area contributed by atoms with Gasteiger partial charge in [-0.05, 0) is 93.1 Å². The van der Waals surface area contributed by atoms with Gasteiger partial charge in [0.15, 0.2) is 5.71 Å². The lowest BCUT2D eigenvalue weighted by molar-refractivity contribution is -0.134. The molecular weight excluding hydrogens is 440 g/mol. The van der Waals surface area contributed by atoms with Crippen LogP contribution in [0.2, 0.25) is 0 Å². The Morgan fingerprint density at radius 1 is 0.800 bits per heavy atom. The van der Waals surface area contributed by atoms with Gasteiger partial charge >= 0.3 is 11.9 Å². The van der Waals surface area contributed by atoms with Crippen LogP contribution in [-0.2, 0) is 27.1 Å². The van der Waals surface area contributed by atoms with Crippen LogP contribution in [0, 0.1) is 0 Å². The van der Waals surface area contributed by atoms with Crippen molar-refractivity contribution in [2.45, 2.75) is 65.2 Å². The number of ether oxygens (including phenoxy) is 2. The fourth-order valence-electron chi connectivity index (χ4n) is 5.58. The first-order valence-electron chi connectivity index (χ1n) is 12.8. The molecule has 2 aromatic rings. The van der Waals surface area contributed by atoms with Gasteiger partial charge in [-0.3, -0.25) is 0 Å². The molecule has 0 radical (unpaired) electrons. The second-order valence-corrected chi connectivity index (χ2v) is 9.19. The lowest BCUT2D eigenvalue weighted by atomic mass is 9.85. The summed E-state index contributed by atoms with van der Waals surface area (Å²) in [6.45, 7) is 4.29. The molecule has 0 fully saturated rings. The van der Waals surface area contributed by atoms with E-state index in [0.29, 0.717) is 24.6 Å². The number of fused-ring (bicyclic) bond motifs is 1. The molecule has 2 heterocycles. The summed E-state index contributed by atoms with van der Waals surface area (Å²) in [6, 6.07) is 10.2. The van der Waals surface area contributed by atoms with Gasteiger partial charge in [0.2, 0.25) is 0 Å². The fraction of sp³-hybridized carbons (Fsp3) is 0.414. The molecule has 0 unspecified atom stereocenters. The Kier molecular flexibility index (Phi) is 6.71. The highest BCUT2D eigenvalue weighted by molar-refractivity contribution is 6.45. The molecule has 0 saturated heterocycles. The van der Waals surface area contributed by atoms with E-state index in [9.17, 15) is 9.59 Å². The highest BCUT2D eigenvalue weighted by Crippen LogP contribution is 2.44. The smallest absolute Gasteiger partial charge is 0.357 e. The SMILES string of the molecule is CCOC(=O)C1=N/C(=C(/c2ccccc2)c2[nH]c(C(=O)OCC)c3c2CCCC3)C2=C1CCCC2. The van der Waals surface area contributed by atoms with Crippen molar-refractivity contribution in [3.63, 3.8) is 0 Å². The molecular formula is C29H32N2O4. The Balaban J connectivity index is 1.78. The van der Waals surface area contributed by atoms with E-state index in [1.54, 1.807) is 0 Å². The van der Waals surface area contributed by atoms with Gasteiger partial charge in [-0.15, -0.1) is 0 Å². The van der Waals surface area contributed by atoms with Crippen LogP contribution in [0.3, 0.4) is 0 Å². The maximum absolute atomic E-state index is 12.9. The third-order valence-electron chi connectivity index (χ3n) is 7.08. The van der Waals surface area contributed by atoms with Crippen LogP contribution in [-0.4, -0.2) is 35.8 Å². The Bertz CT molecular complexity index is 1250. The van der Waals surface area contributed by atoms with Gasteiger partial charge in [-0.2, -0.15) is 0 Å². The van der Waals surface area contributed by atoms with Crippen LogP contribution in [0.25, 0.3) is 5.57 Å². The number of esters is 2. The first-order chi connectivity index (χ1) is 17.1. The van der Waals surface area contributed by atoms with Crippen LogP contribution in [0.5, 0.6) is 0 Å². The number of benzene rings is 1. The number of H-pyrrole nitrogens is 1. The molecule has 0 bridgehead atoms. The number of aromatic amines is 1. The molecule has 1 aromatic heterocycles. The van der Waals surface area contributed by atoms with Crippen molar-refractivity contribution in [3.05, 3.63) is 75.3 Å². The van der Waals surface area contributed by atoms with Crippen LogP contribution < -0.4 is 0 Å². The molecule has 5 rings (SSSR count). The molecule has 6 nitrogen and oxygen atoms in total. The average Bonchev–Trinajstić information content (AvgIpc) is 3.45. The average molecular weight is 473 g/mol. The molecule has 0 amide bonds. The zero-order chi connectivity index (χ0) is 24.4. The number of allylic oxidation sites excluding steroid dienone is 1. The second-order valence-electron chi connectivity index (χ2n) is 9.19. The number of aromatic nitrogens is 1. The minimum absolute atomic E-state index is 0.311. The fourth-order valence-corrected chi connectivity index (χ4v) is 5.58. The summed E-state index contributed by atoms with van der Waals surface area (Å²) >= 11 is 0. The molecule has 0 spiro atoms. The highest BCUT2D eigenvalue weighted by Gasteiger charge is 2.35. The monoisotopic (exact) mass is 472 g/mol. The van der Waals surface area contributed by atoms with Gasteiger partial charge in [0, 0.05) is 5.57 Å². The molecule has 1 N–H and O–H groups in total. The summed E-state index contributed by atoms with van der Waals surface area (Å²) in [4.78, 5) is 34.2. The summed E-state index contributed by atoms with van der Waals surface area (Å²) in [5, 5.41) is 0. The quantitative estimate of drug-likeness (QED) is 0.546. The van der Waals surface area contributed by atoms with Gasteiger partial charge in [0.05, 0.1) is 24.6 Å². The van der Waals surface area contributed by atoms with E-state index < -0.39 is 0 Å². The zero-order valence-corrected chi connectivity index (χ0v) is 20.5. The van der Waals surface area contributed by atoms with Crippen molar-refractivity contribution >= 4 is 23.2 Å². The maximum Gasteiger partial charge on any atom is 0.357 e.